The Balaban J connectivity index is 1.96. The van der Waals surface area contributed by atoms with Crippen LogP contribution in [0.15, 0.2) is 48.5 Å². The van der Waals surface area contributed by atoms with Crippen LogP contribution in [0, 0.1) is 0 Å². The number of phenolic OH excluding ortho intramolecular Hbond substituents is 1. The van der Waals surface area contributed by atoms with Crippen molar-refractivity contribution in [1.29, 1.82) is 0 Å². The Morgan fingerprint density at radius 3 is 1.60 bits per heavy atom. The van der Waals surface area contributed by atoms with Crippen LogP contribution < -0.4 is 9.47 Å². The van der Waals surface area contributed by atoms with Gasteiger partial charge in [-0.15, -0.1) is 0 Å². The van der Waals surface area contributed by atoms with E-state index >= 15 is 0 Å². The quantitative estimate of drug-likeness (QED) is 0.0733. The number of benzene rings is 2. The molecular weight excluding hydrogens is 787 g/mol. The van der Waals surface area contributed by atoms with E-state index in [1.165, 1.54) is 53.3 Å². The Labute approximate surface area is 284 Å². The molecule has 0 aliphatic rings. The van der Waals surface area contributed by atoms with Crippen LogP contribution in [0.2, 0.25) is 0 Å². The van der Waals surface area contributed by atoms with Crippen molar-refractivity contribution in [3.63, 3.8) is 0 Å². The fraction of sp³-hybridized carbons (Fsp3) is 0.500. The number of esters is 2. The Hall–Kier alpha value is -4.29. The van der Waals surface area contributed by atoms with Crippen LogP contribution in [0.4, 0.5) is 74.6 Å². The molecule has 25 heteroatoms. The zero-order chi connectivity index (χ0) is 40.9. The molecule has 0 aromatic heterocycles. The third-order valence-electron chi connectivity index (χ3n) is 6.29. The van der Waals surface area contributed by atoms with Gasteiger partial charge < -0.3 is 19.3 Å². The summed E-state index contributed by atoms with van der Waals surface area (Å²) in [4.78, 5) is 23.9. The van der Waals surface area contributed by atoms with E-state index in [-0.39, 0.29) is 48.7 Å². The summed E-state index contributed by atoms with van der Waals surface area (Å²) in [6.45, 7) is -3.30. The second-order valence-electron chi connectivity index (χ2n) is 10.4. The van der Waals surface area contributed by atoms with Crippen LogP contribution in [0.25, 0.3) is 0 Å². The lowest BCUT2D eigenvalue weighted by molar-refractivity contribution is -0.552. The number of halogens is 17. The highest BCUT2D eigenvalue weighted by atomic mass is 19.4. The molecule has 2 aromatic rings. The van der Waals surface area contributed by atoms with Crippen LogP contribution in [-0.2, 0) is 19.0 Å². The van der Waals surface area contributed by atoms with Crippen LogP contribution in [0.5, 0.6) is 17.2 Å². The highest BCUT2D eigenvalue weighted by molar-refractivity contribution is 5.91. The van der Waals surface area contributed by atoms with Crippen LogP contribution in [0.1, 0.15) is 36.0 Å². The lowest BCUT2D eigenvalue weighted by Gasteiger charge is -2.40. The van der Waals surface area contributed by atoms with Gasteiger partial charge in [0.2, 0.25) is 0 Å². The standard InChI is InChI=1S/C28H21F17O8/c29-21(24(33,34)35,52-28(44,45)23(32,26(39,40)41)53-27(42,43)22(30,31)25(36,37)38)14-50-19(47)4-2-1-3-13-49-17-9-5-15(6-10-17)20(48)51-18-11-7-16(46)8-12-18/h5-12,46H,1-4,13-14H2. The second kappa shape index (κ2) is 16.0. The summed E-state index contributed by atoms with van der Waals surface area (Å²) < 4.78 is 242. The number of aromatic hydroxyl groups is 1. The number of unbranched alkanes of at least 4 members (excludes halogenated alkanes) is 2. The van der Waals surface area contributed by atoms with Gasteiger partial charge in [0.1, 0.15) is 17.2 Å². The molecule has 0 saturated heterocycles. The zero-order valence-corrected chi connectivity index (χ0v) is 25.6. The number of carbonyl (C=O) groups excluding carboxylic acids is 2. The summed E-state index contributed by atoms with van der Waals surface area (Å²) >= 11 is 0. The van der Waals surface area contributed by atoms with Crippen LogP contribution >= 0.6 is 0 Å². The predicted molar refractivity (Wildman–Crippen MR) is 137 cm³/mol. The van der Waals surface area contributed by atoms with Crippen molar-refractivity contribution in [3.05, 3.63) is 54.1 Å². The molecule has 0 bridgehead atoms. The maximum Gasteiger partial charge on any atom is 0.462 e. The summed E-state index contributed by atoms with van der Waals surface area (Å²) in [5.74, 6) is -24.8. The van der Waals surface area contributed by atoms with E-state index in [0.717, 1.165) is 0 Å². The minimum absolute atomic E-state index is 0.0230. The molecular formula is C28H21F17O8. The highest BCUT2D eigenvalue weighted by Gasteiger charge is 2.85. The normalized spacial score (nSPS) is 15.6. The molecule has 0 fully saturated rings. The summed E-state index contributed by atoms with van der Waals surface area (Å²) in [7, 11) is 0. The number of rotatable bonds is 17. The van der Waals surface area contributed by atoms with Gasteiger partial charge in [0.05, 0.1) is 12.2 Å². The van der Waals surface area contributed by atoms with Gasteiger partial charge in [-0.1, -0.05) is 0 Å². The molecule has 0 aliphatic carbocycles. The van der Waals surface area contributed by atoms with E-state index in [1.54, 1.807) is 0 Å². The largest absolute Gasteiger partial charge is 0.508 e. The summed E-state index contributed by atoms with van der Waals surface area (Å²) in [5.41, 5.74) is 0.0886. The van der Waals surface area contributed by atoms with Crippen LogP contribution in [-0.4, -0.2) is 78.6 Å². The lowest BCUT2D eigenvalue weighted by Crippen LogP contribution is -2.67. The van der Waals surface area contributed by atoms with Gasteiger partial charge in [-0.25, -0.2) is 4.79 Å². The molecule has 1 N–H and O–H groups in total. The Bertz CT molecular complexity index is 1530. The molecule has 0 aliphatic heterocycles. The molecule has 2 aromatic carbocycles. The molecule has 0 radical (unpaired) electrons. The number of alkyl halides is 17. The van der Waals surface area contributed by atoms with Gasteiger partial charge in [-0.05, 0) is 67.8 Å². The molecule has 0 spiro atoms. The third kappa shape index (κ3) is 10.9. The van der Waals surface area contributed by atoms with Gasteiger partial charge >= 0.3 is 60.3 Å². The Kier molecular flexibility index (Phi) is 13.5. The van der Waals surface area contributed by atoms with E-state index in [4.69, 9.17) is 9.47 Å². The zero-order valence-electron chi connectivity index (χ0n) is 25.6. The topological polar surface area (TPSA) is 101 Å². The van der Waals surface area contributed by atoms with Gasteiger partial charge in [0.15, 0.2) is 6.61 Å². The van der Waals surface area contributed by atoms with Crippen LogP contribution in [0.3, 0.4) is 0 Å². The molecule has 0 heterocycles. The molecule has 8 nitrogen and oxygen atoms in total. The number of carbonyl (C=O) groups is 2. The molecule has 0 saturated carbocycles. The minimum atomic E-state index is -8.03. The first-order valence-corrected chi connectivity index (χ1v) is 13.9. The number of hydrogen-bond acceptors (Lipinski definition) is 8. The number of hydrogen-bond donors (Lipinski definition) is 1. The summed E-state index contributed by atoms with van der Waals surface area (Å²) in [6, 6.07) is 10.5. The fourth-order valence-electron chi connectivity index (χ4n) is 3.48. The molecule has 2 atom stereocenters. The van der Waals surface area contributed by atoms with Crippen molar-refractivity contribution in [3.8, 4) is 17.2 Å². The Morgan fingerprint density at radius 1 is 0.585 bits per heavy atom. The molecule has 2 unspecified atom stereocenters. The predicted octanol–water partition coefficient (Wildman–Crippen LogP) is 8.97. The van der Waals surface area contributed by atoms with E-state index in [9.17, 15) is 89.3 Å². The Morgan fingerprint density at radius 2 is 1.11 bits per heavy atom. The van der Waals surface area contributed by atoms with Crippen molar-refractivity contribution >= 4 is 11.9 Å². The monoisotopic (exact) mass is 808 g/mol. The maximum atomic E-state index is 14.5. The van der Waals surface area contributed by atoms with Crippen molar-refractivity contribution in [2.24, 2.45) is 0 Å². The average molecular weight is 808 g/mol. The van der Waals surface area contributed by atoms with Crippen molar-refractivity contribution in [2.75, 3.05) is 13.2 Å². The highest BCUT2D eigenvalue weighted by Crippen LogP contribution is 2.56. The summed E-state index contributed by atoms with van der Waals surface area (Å²) in [6.07, 6.45) is -39.6. The fourth-order valence-corrected chi connectivity index (χ4v) is 3.48. The average Bonchev–Trinajstić information content (AvgIpc) is 3.01. The van der Waals surface area contributed by atoms with Crippen molar-refractivity contribution < 1.29 is 113 Å². The molecule has 0 amide bonds. The van der Waals surface area contributed by atoms with E-state index in [2.05, 4.69) is 9.47 Å². The maximum absolute atomic E-state index is 14.5. The van der Waals surface area contributed by atoms with E-state index in [1.807, 2.05) is 0 Å². The summed E-state index contributed by atoms with van der Waals surface area (Å²) in [5, 5.41) is 9.24. The molecule has 53 heavy (non-hydrogen) atoms. The third-order valence-corrected chi connectivity index (χ3v) is 6.29. The first-order chi connectivity index (χ1) is 23.9. The number of phenols is 1. The van der Waals surface area contributed by atoms with Gasteiger partial charge in [-0.3, -0.25) is 14.3 Å². The van der Waals surface area contributed by atoms with E-state index < -0.39 is 73.3 Å². The van der Waals surface area contributed by atoms with Crippen molar-refractivity contribution in [1.82, 2.24) is 0 Å². The molecule has 2 rings (SSSR count). The SMILES string of the molecule is O=C(CCCCCOc1ccc(C(=O)Oc2ccc(O)cc2)cc1)OCC(F)(OC(F)(F)C(F)(OC(F)(F)C(F)(F)C(F)(F)F)C(F)(F)F)C(F)(F)F. The smallest absolute Gasteiger partial charge is 0.462 e. The van der Waals surface area contributed by atoms with Crippen molar-refractivity contribution in [2.45, 2.75) is 74.1 Å². The second-order valence-corrected chi connectivity index (χ2v) is 10.4. The molecule has 300 valence electrons. The first-order valence-electron chi connectivity index (χ1n) is 13.9. The van der Waals surface area contributed by atoms with E-state index in [0.29, 0.717) is 0 Å². The van der Waals surface area contributed by atoms with Gasteiger partial charge in [0.25, 0.3) is 0 Å². The van der Waals surface area contributed by atoms with Gasteiger partial charge in [0, 0.05) is 6.42 Å². The number of ether oxygens (including phenoxy) is 5. The first kappa shape index (κ1) is 44.9. The lowest BCUT2D eigenvalue weighted by atomic mass is 10.2. The minimum Gasteiger partial charge on any atom is -0.508 e. The van der Waals surface area contributed by atoms with Gasteiger partial charge in [-0.2, -0.15) is 74.6 Å².